The van der Waals surface area contributed by atoms with Crippen molar-refractivity contribution in [2.45, 2.75) is 12.0 Å². The number of hydrogen-bond acceptors (Lipinski definition) is 4. The number of carboxylic acid groups (broad SMARTS) is 1. The van der Waals surface area contributed by atoms with Gasteiger partial charge in [-0.15, -0.1) is 0 Å². The van der Waals surface area contributed by atoms with E-state index in [0.29, 0.717) is 18.5 Å². The molecule has 0 fully saturated rings. The van der Waals surface area contributed by atoms with Crippen LogP contribution in [0.25, 0.3) is 0 Å². The summed E-state index contributed by atoms with van der Waals surface area (Å²) in [5.41, 5.74) is 4.90. The fourth-order valence-electron chi connectivity index (χ4n) is 1.79. The van der Waals surface area contributed by atoms with E-state index in [-0.39, 0.29) is 0 Å². The van der Waals surface area contributed by atoms with Crippen molar-refractivity contribution in [1.29, 1.82) is 0 Å². The van der Waals surface area contributed by atoms with Crippen LogP contribution in [-0.2, 0) is 16.0 Å². The standard InChI is InChI=1S/C13H17NO3S/c1-18-8-11(13(14,9-15)12(16)17)7-10-5-3-2-4-6-10/h2-6,9,11H,7-8,14H2,1H3,(H,16,17). The average Bonchev–Trinajstić information content (AvgIpc) is 2.38. The van der Waals surface area contributed by atoms with E-state index >= 15 is 0 Å². The molecule has 1 rings (SSSR count). The first-order valence-electron chi connectivity index (χ1n) is 5.56. The number of aliphatic carboxylic acids is 1. The Hall–Kier alpha value is -1.33. The summed E-state index contributed by atoms with van der Waals surface area (Å²) >= 11 is 1.49. The number of nitrogens with two attached hydrogens (primary N) is 1. The van der Waals surface area contributed by atoms with Gasteiger partial charge in [-0.1, -0.05) is 30.3 Å². The summed E-state index contributed by atoms with van der Waals surface area (Å²) in [7, 11) is 0. The van der Waals surface area contributed by atoms with Crippen LogP contribution in [0.2, 0.25) is 0 Å². The summed E-state index contributed by atoms with van der Waals surface area (Å²) < 4.78 is 0. The van der Waals surface area contributed by atoms with E-state index in [2.05, 4.69) is 0 Å². The second-order valence-corrected chi connectivity index (χ2v) is 5.11. The molecule has 0 spiro atoms. The lowest BCUT2D eigenvalue weighted by Crippen LogP contribution is -2.57. The summed E-state index contributed by atoms with van der Waals surface area (Å²) in [4.78, 5) is 22.3. The van der Waals surface area contributed by atoms with Gasteiger partial charge in [0.05, 0.1) is 0 Å². The van der Waals surface area contributed by atoms with Crippen molar-refractivity contribution in [3.8, 4) is 0 Å². The highest BCUT2D eigenvalue weighted by Crippen LogP contribution is 2.22. The number of carboxylic acids is 1. The Bertz CT molecular complexity index is 410. The van der Waals surface area contributed by atoms with Gasteiger partial charge in [-0.05, 0) is 24.0 Å². The number of thioether (sulfide) groups is 1. The lowest BCUT2D eigenvalue weighted by atomic mass is 9.83. The fraction of sp³-hybridized carbons (Fsp3) is 0.385. The third-order valence-electron chi connectivity index (χ3n) is 2.93. The Kier molecular flexibility index (Phi) is 5.37. The first-order chi connectivity index (χ1) is 8.54. The highest BCUT2D eigenvalue weighted by Gasteiger charge is 2.42. The second kappa shape index (κ2) is 6.56. The molecule has 0 radical (unpaired) electrons. The van der Waals surface area contributed by atoms with Crippen LogP contribution in [0.4, 0.5) is 0 Å². The number of aldehydes is 1. The van der Waals surface area contributed by atoms with E-state index < -0.39 is 17.4 Å². The van der Waals surface area contributed by atoms with Crippen LogP contribution in [0.3, 0.4) is 0 Å². The molecule has 18 heavy (non-hydrogen) atoms. The van der Waals surface area contributed by atoms with Crippen molar-refractivity contribution in [3.63, 3.8) is 0 Å². The van der Waals surface area contributed by atoms with Gasteiger partial charge in [-0.2, -0.15) is 11.8 Å². The zero-order valence-corrected chi connectivity index (χ0v) is 11.0. The second-order valence-electron chi connectivity index (χ2n) is 4.20. The van der Waals surface area contributed by atoms with E-state index in [0.717, 1.165) is 5.56 Å². The molecular weight excluding hydrogens is 250 g/mol. The molecule has 0 heterocycles. The normalized spacial score (nSPS) is 15.7. The minimum Gasteiger partial charge on any atom is -0.480 e. The largest absolute Gasteiger partial charge is 0.480 e. The molecule has 2 unspecified atom stereocenters. The Morgan fingerprint density at radius 1 is 1.50 bits per heavy atom. The molecule has 1 aromatic carbocycles. The van der Waals surface area contributed by atoms with Gasteiger partial charge in [0.25, 0.3) is 0 Å². The predicted molar refractivity (Wildman–Crippen MR) is 72.6 cm³/mol. The number of rotatable bonds is 7. The van der Waals surface area contributed by atoms with Crippen molar-refractivity contribution >= 4 is 24.0 Å². The summed E-state index contributed by atoms with van der Waals surface area (Å²) in [6.45, 7) is 0. The van der Waals surface area contributed by atoms with Crippen LogP contribution in [0.15, 0.2) is 30.3 Å². The van der Waals surface area contributed by atoms with Crippen LogP contribution in [0.5, 0.6) is 0 Å². The molecule has 0 amide bonds. The van der Waals surface area contributed by atoms with Crippen LogP contribution in [0, 0.1) is 5.92 Å². The maximum atomic E-state index is 11.2. The summed E-state index contributed by atoms with van der Waals surface area (Å²) in [5, 5.41) is 9.14. The molecular formula is C13H17NO3S. The van der Waals surface area contributed by atoms with Crippen molar-refractivity contribution in [2.24, 2.45) is 11.7 Å². The first-order valence-corrected chi connectivity index (χ1v) is 6.95. The Morgan fingerprint density at radius 2 is 2.11 bits per heavy atom. The highest BCUT2D eigenvalue weighted by atomic mass is 32.2. The molecule has 3 N–H and O–H groups in total. The topological polar surface area (TPSA) is 80.4 Å². The monoisotopic (exact) mass is 267 g/mol. The molecule has 4 nitrogen and oxygen atoms in total. The van der Waals surface area contributed by atoms with Crippen molar-refractivity contribution in [2.75, 3.05) is 12.0 Å². The maximum Gasteiger partial charge on any atom is 0.331 e. The van der Waals surface area contributed by atoms with Crippen LogP contribution >= 0.6 is 11.8 Å². The number of carbonyl (C=O) groups is 2. The molecule has 98 valence electrons. The maximum absolute atomic E-state index is 11.2. The fourth-order valence-corrected chi connectivity index (χ4v) is 2.58. The number of carbonyl (C=O) groups excluding carboxylic acids is 1. The van der Waals surface area contributed by atoms with E-state index in [9.17, 15) is 9.59 Å². The molecule has 1 aromatic rings. The Labute approximate surface area is 111 Å². The molecule has 0 saturated heterocycles. The predicted octanol–water partition coefficient (Wildman–Crippen LogP) is 1.19. The van der Waals surface area contributed by atoms with Gasteiger partial charge in [0.2, 0.25) is 0 Å². The molecule has 0 saturated carbocycles. The Balaban J connectivity index is 2.95. The molecule has 0 aliphatic carbocycles. The van der Waals surface area contributed by atoms with E-state index in [1.807, 2.05) is 36.6 Å². The summed E-state index contributed by atoms with van der Waals surface area (Å²) in [5.74, 6) is -1.17. The molecule has 0 aromatic heterocycles. The number of hydrogen-bond donors (Lipinski definition) is 2. The van der Waals surface area contributed by atoms with Crippen molar-refractivity contribution in [1.82, 2.24) is 0 Å². The van der Waals surface area contributed by atoms with Crippen LogP contribution in [0.1, 0.15) is 5.56 Å². The minimum absolute atomic E-state index is 0.346. The van der Waals surface area contributed by atoms with Gasteiger partial charge in [-0.3, -0.25) is 0 Å². The van der Waals surface area contributed by atoms with Crippen LogP contribution < -0.4 is 5.73 Å². The Morgan fingerprint density at radius 3 is 2.56 bits per heavy atom. The van der Waals surface area contributed by atoms with Crippen molar-refractivity contribution < 1.29 is 14.7 Å². The van der Waals surface area contributed by atoms with Gasteiger partial charge in [0.1, 0.15) is 0 Å². The molecule has 5 heteroatoms. The van der Waals surface area contributed by atoms with Crippen molar-refractivity contribution in [3.05, 3.63) is 35.9 Å². The average molecular weight is 267 g/mol. The molecule has 0 bridgehead atoms. The van der Waals surface area contributed by atoms with E-state index in [4.69, 9.17) is 10.8 Å². The van der Waals surface area contributed by atoms with Gasteiger partial charge < -0.3 is 15.6 Å². The first kappa shape index (κ1) is 14.7. The molecule has 0 aliphatic heterocycles. The lowest BCUT2D eigenvalue weighted by molar-refractivity contribution is -0.147. The zero-order chi connectivity index (χ0) is 13.6. The quantitative estimate of drug-likeness (QED) is 0.573. The number of benzene rings is 1. The van der Waals surface area contributed by atoms with Gasteiger partial charge in [0, 0.05) is 5.92 Å². The van der Waals surface area contributed by atoms with Gasteiger partial charge in [-0.25, -0.2) is 4.79 Å². The summed E-state index contributed by atoms with van der Waals surface area (Å²) in [6.07, 6.45) is 2.69. The van der Waals surface area contributed by atoms with Gasteiger partial charge >= 0.3 is 5.97 Å². The third-order valence-corrected chi connectivity index (χ3v) is 3.67. The van der Waals surface area contributed by atoms with Gasteiger partial charge in [0.15, 0.2) is 11.8 Å². The van der Waals surface area contributed by atoms with Crippen LogP contribution in [-0.4, -0.2) is 34.9 Å². The smallest absolute Gasteiger partial charge is 0.331 e. The highest BCUT2D eigenvalue weighted by molar-refractivity contribution is 7.98. The molecule has 0 aliphatic rings. The minimum atomic E-state index is -1.82. The third kappa shape index (κ3) is 3.34. The van der Waals surface area contributed by atoms with E-state index in [1.165, 1.54) is 11.8 Å². The lowest BCUT2D eigenvalue weighted by Gasteiger charge is -2.28. The zero-order valence-electron chi connectivity index (χ0n) is 10.2. The molecule has 2 atom stereocenters. The summed E-state index contributed by atoms with van der Waals surface area (Å²) in [6, 6.07) is 9.46. The van der Waals surface area contributed by atoms with E-state index in [1.54, 1.807) is 0 Å². The SMILES string of the molecule is CSCC(Cc1ccccc1)C(N)(C=O)C(=O)O.